The SMILES string of the molecule is COc1ccc([N+](=O)[O-])cc1S(=O)(=O)N1CCNCC1c1cccc(F)c1. The molecule has 0 aliphatic carbocycles. The summed E-state index contributed by atoms with van der Waals surface area (Å²) in [6.07, 6.45) is 0. The number of nitrogens with zero attached hydrogens (tertiary/aromatic N) is 2. The van der Waals surface area contributed by atoms with Crippen LogP contribution in [0.4, 0.5) is 10.1 Å². The van der Waals surface area contributed by atoms with Crippen molar-refractivity contribution in [1.29, 1.82) is 0 Å². The smallest absolute Gasteiger partial charge is 0.271 e. The van der Waals surface area contributed by atoms with Crippen molar-refractivity contribution in [2.75, 3.05) is 26.7 Å². The lowest BCUT2D eigenvalue weighted by molar-refractivity contribution is -0.385. The van der Waals surface area contributed by atoms with Crippen molar-refractivity contribution in [3.63, 3.8) is 0 Å². The molecule has 0 spiro atoms. The van der Waals surface area contributed by atoms with Gasteiger partial charge in [0.15, 0.2) is 0 Å². The Labute approximate surface area is 155 Å². The van der Waals surface area contributed by atoms with Gasteiger partial charge >= 0.3 is 0 Å². The first-order valence-corrected chi connectivity index (χ1v) is 9.59. The van der Waals surface area contributed by atoms with Crippen LogP contribution >= 0.6 is 0 Å². The number of piperazine rings is 1. The van der Waals surface area contributed by atoms with E-state index >= 15 is 0 Å². The summed E-state index contributed by atoms with van der Waals surface area (Å²) in [5.74, 6) is -0.458. The van der Waals surface area contributed by atoms with E-state index in [1.807, 2.05) is 0 Å². The van der Waals surface area contributed by atoms with Crippen LogP contribution in [-0.2, 0) is 10.0 Å². The fourth-order valence-corrected chi connectivity index (χ4v) is 4.87. The molecule has 0 aromatic heterocycles. The van der Waals surface area contributed by atoms with E-state index in [0.717, 1.165) is 6.07 Å². The Morgan fingerprint density at radius 2 is 2.07 bits per heavy atom. The summed E-state index contributed by atoms with van der Waals surface area (Å²) >= 11 is 0. The van der Waals surface area contributed by atoms with Gasteiger partial charge in [-0.05, 0) is 23.8 Å². The van der Waals surface area contributed by atoms with Gasteiger partial charge in [-0.1, -0.05) is 12.1 Å². The van der Waals surface area contributed by atoms with Gasteiger partial charge in [0, 0.05) is 31.8 Å². The first-order valence-electron chi connectivity index (χ1n) is 8.15. The Balaban J connectivity index is 2.09. The highest BCUT2D eigenvalue weighted by atomic mass is 32.2. The van der Waals surface area contributed by atoms with Crippen LogP contribution in [0, 0.1) is 15.9 Å². The van der Waals surface area contributed by atoms with Crippen LogP contribution in [0.2, 0.25) is 0 Å². The summed E-state index contributed by atoms with van der Waals surface area (Å²) < 4.78 is 46.6. The average molecular weight is 395 g/mol. The third-order valence-electron chi connectivity index (χ3n) is 4.37. The molecule has 144 valence electrons. The number of ether oxygens (including phenoxy) is 1. The molecule has 2 aromatic rings. The van der Waals surface area contributed by atoms with Crippen LogP contribution in [0.25, 0.3) is 0 Å². The zero-order valence-corrected chi connectivity index (χ0v) is 15.3. The number of benzene rings is 2. The zero-order chi connectivity index (χ0) is 19.6. The topological polar surface area (TPSA) is 102 Å². The van der Waals surface area contributed by atoms with Crippen molar-refractivity contribution >= 4 is 15.7 Å². The number of halogens is 1. The van der Waals surface area contributed by atoms with E-state index in [9.17, 15) is 22.9 Å². The van der Waals surface area contributed by atoms with Crippen LogP contribution in [0.1, 0.15) is 11.6 Å². The molecule has 27 heavy (non-hydrogen) atoms. The van der Waals surface area contributed by atoms with Crippen LogP contribution in [0.15, 0.2) is 47.4 Å². The fourth-order valence-electron chi connectivity index (χ4n) is 3.08. The van der Waals surface area contributed by atoms with E-state index in [1.165, 1.54) is 41.7 Å². The van der Waals surface area contributed by atoms with Gasteiger partial charge in [-0.3, -0.25) is 10.1 Å². The van der Waals surface area contributed by atoms with E-state index < -0.39 is 26.8 Å². The highest BCUT2D eigenvalue weighted by Crippen LogP contribution is 2.35. The summed E-state index contributed by atoms with van der Waals surface area (Å²) in [6, 6.07) is 8.49. The maximum Gasteiger partial charge on any atom is 0.271 e. The van der Waals surface area contributed by atoms with E-state index in [4.69, 9.17) is 4.74 Å². The van der Waals surface area contributed by atoms with Crippen molar-refractivity contribution in [2.24, 2.45) is 0 Å². The molecular weight excluding hydrogens is 377 g/mol. The van der Waals surface area contributed by atoms with Crippen LogP contribution in [0.5, 0.6) is 5.75 Å². The summed E-state index contributed by atoms with van der Waals surface area (Å²) in [5, 5.41) is 14.2. The van der Waals surface area contributed by atoms with Crippen LogP contribution < -0.4 is 10.1 Å². The number of hydrogen-bond acceptors (Lipinski definition) is 6. The average Bonchev–Trinajstić information content (AvgIpc) is 2.67. The van der Waals surface area contributed by atoms with Crippen LogP contribution in [-0.4, -0.2) is 44.4 Å². The predicted octanol–water partition coefficient (Wildman–Crippen LogP) is 2.08. The highest BCUT2D eigenvalue weighted by molar-refractivity contribution is 7.89. The van der Waals surface area contributed by atoms with Gasteiger partial charge in [0.05, 0.1) is 18.1 Å². The zero-order valence-electron chi connectivity index (χ0n) is 14.5. The van der Waals surface area contributed by atoms with Gasteiger partial charge < -0.3 is 10.1 Å². The van der Waals surface area contributed by atoms with Gasteiger partial charge in [-0.15, -0.1) is 0 Å². The predicted molar refractivity (Wildman–Crippen MR) is 95.6 cm³/mol. The molecule has 0 bridgehead atoms. The second-order valence-corrected chi connectivity index (χ2v) is 7.84. The molecule has 1 atom stereocenters. The molecule has 2 aromatic carbocycles. The lowest BCUT2D eigenvalue weighted by atomic mass is 10.1. The molecule has 3 rings (SSSR count). The third-order valence-corrected chi connectivity index (χ3v) is 6.30. The Morgan fingerprint density at radius 1 is 1.30 bits per heavy atom. The van der Waals surface area contributed by atoms with Crippen molar-refractivity contribution in [3.8, 4) is 5.75 Å². The lowest BCUT2D eigenvalue weighted by Gasteiger charge is -2.35. The molecular formula is C17H18FN3O5S. The first-order chi connectivity index (χ1) is 12.8. The number of non-ortho nitro benzene ring substituents is 1. The third kappa shape index (κ3) is 3.77. The van der Waals surface area contributed by atoms with Crippen molar-refractivity contribution in [2.45, 2.75) is 10.9 Å². The van der Waals surface area contributed by atoms with Gasteiger partial charge in [0.1, 0.15) is 16.5 Å². The summed E-state index contributed by atoms with van der Waals surface area (Å²) in [5.41, 5.74) is 0.141. The van der Waals surface area contributed by atoms with Gasteiger partial charge in [-0.25, -0.2) is 12.8 Å². The number of nitro benzene ring substituents is 1. The molecule has 1 unspecified atom stereocenters. The van der Waals surface area contributed by atoms with Crippen molar-refractivity contribution in [3.05, 3.63) is 64.0 Å². The van der Waals surface area contributed by atoms with E-state index in [-0.39, 0.29) is 22.9 Å². The fraction of sp³-hybridized carbons (Fsp3) is 0.294. The second-order valence-electron chi connectivity index (χ2n) is 5.98. The Bertz CT molecular complexity index is 967. The minimum Gasteiger partial charge on any atom is -0.495 e. The first kappa shape index (κ1) is 19.2. The molecule has 0 amide bonds. The standard InChI is InChI=1S/C17H18FN3O5S/c1-26-16-6-5-14(21(22)23)10-17(16)27(24,25)20-8-7-19-11-15(20)12-3-2-4-13(18)9-12/h2-6,9-10,15,19H,7-8,11H2,1H3. The summed E-state index contributed by atoms with van der Waals surface area (Å²) in [6.45, 7) is 0.831. The molecule has 1 aliphatic rings. The molecule has 0 radical (unpaired) electrons. The number of hydrogen-bond donors (Lipinski definition) is 1. The maximum atomic E-state index is 13.6. The van der Waals surface area contributed by atoms with E-state index in [0.29, 0.717) is 18.7 Å². The number of methoxy groups -OCH3 is 1. The quantitative estimate of drug-likeness (QED) is 0.614. The summed E-state index contributed by atoms with van der Waals surface area (Å²) in [7, 11) is -2.84. The van der Waals surface area contributed by atoms with Crippen molar-refractivity contribution < 1.29 is 22.5 Å². The van der Waals surface area contributed by atoms with Gasteiger partial charge in [-0.2, -0.15) is 4.31 Å². The molecule has 1 heterocycles. The monoisotopic (exact) mass is 395 g/mol. The lowest BCUT2D eigenvalue weighted by Crippen LogP contribution is -2.48. The summed E-state index contributed by atoms with van der Waals surface area (Å²) in [4.78, 5) is 10.1. The number of nitro groups is 1. The Hall–Kier alpha value is -2.56. The van der Waals surface area contributed by atoms with E-state index in [1.54, 1.807) is 6.07 Å². The molecule has 10 heteroatoms. The molecule has 1 N–H and O–H groups in total. The molecule has 1 saturated heterocycles. The van der Waals surface area contributed by atoms with Gasteiger partial charge in [0.2, 0.25) is 10.0 Å². The Kier molecular flexibility index (Phi) is 5.40. The van der Waals surface area contributed by atoms with Crippen LogP contribution in [0.3, 0.4) is 0 Å². The van der Waals surface area contributed by atoms with Gasteiger partial charge in [0.25, 0.3) is 5.69 Å². The highest BCUT2D eigenvalue weighted by Gasteiger charge is 2.37. The number of nitrogens with one attached hydrogen (secondary N) is 1. The minimum absolute atomic E-state index is 0.0112. The minimum atomic E-state index is -4.13. The molecule has 8 nitrogen and oxygen atoms in total. The maximum absolute atomic E-state index is 13.6. The Morgan fingerprint density at radius 3 is 2.74 bits per heavy atom. The largest absolute Gasteiger partial charge is 0.495 e. The molecule has 0 saturated carbocycles. The normalized spacial score (nSPS) is 18.2. The molecule has 1 fully saturated rings. The van der Waals surface area contributed by atoms with E-state index in [2.05, 4.69) is 5.32 Å². The number of sulfonamides is 1. The second kappa shape index (κ2) is 7.59. The van der Waals surface area contributed by atoms with Crippen molar-refractivity contribution in [1.82, 2.24) is 9.62 Å². The molecule has 1 aliphatic heterocycles. The number of rotatable bonds is 5.